The third kappa shape index (κ3) is 5.67. The summed E-state index contributed by atoms with van der Waals surface area (Å²) in [7, 11) is -4.48. The molecule has 1 atom stereocenters. The molecule has 0 aliphatic heterocycles. The van der Waals surface area contributed by atoms with Crippen LogP contribution < -0.4 is 0 Å². The monoisotopic (exact) mass is 232 g/mol. The predicted octanol–water partition coefficient (Wildman–Crippen LogP) is 0.699. The average Bonchev–Trinajstić information content (AvgIpc) is 2.15. The van der Waals surface area contributed by atoms with Crippen LogP contribution in [0.2, 0.25) is 0 Å². The summed E-state index contributed by atoms with van der Waals surface area (Å²) in [5.74, 6) is 0. The first-order valence-electron chi connectivity index (χ1n) is 4.39. The summed E-state index contributed by atoms with van der Waals surface area (Å²) in [6.45, 7) is -0.376. The van der Waals surface area contributed by atoms with Gasteiger partial charge in [0, 0.05) is 6.42 Å². The number of phosphoric ester groups is 1. The van der Waals surface area contributed by atoms with Crippen LogP contribution in [-0.2, 0) is 15.5 Å². The van der Waals surface area contributed by atoms with Gasteiger partial charge in [0.25, 0.3) is 0 Å². The van der Waals surface area contributed by atoms with Crippen molar-refractivity contribution in [2.75, 3.05) is 6.61 Å². The molecule has 0 fully saturated rings. The van der Waals surface area contributed by atoms with Gasteiger partial charge in [-0.05, 0) is 5.56 Å². The Kier molecular flexibility index (Phi) is 4.45. The van der Waals surface area contributed by atoms with Crippen LogP contribution in [0.25, 0.3) is 0 Å². The van der Waals surface area contributed by atoms with Crippen molar-refractivity contribution in [2.24, 2.45) is 0 Å². The molecule has 3 N–H and O–H groups in total. The zero-order chi connectivity index (χ0) is 11.3. The van der Waals surface area contributed by atoms with Crippen molar-refractivity contribution in [1.29, 1.82) is 0 Å². The van der Waals surface area contributed by atoms with E-state index >= 15 is 0 Å². The highest BCUT2D eigenvalue weighted by Gasteiger charge is 2.16. The maximum atomic E-state index is 10.3. The van der Waals surface area contributed by atoms with Crippen molar-refractivity contribution in [2.45, 2.75) is 12.5 Å². The molecule has 5 nitrogen and oxygen atoms in total. The summed E-state index contributed by atoms with van der Waals surface area (Å²) < 4.78 is 14.5. The van der Waals surface area contributed by atoms with Gasteiger partial charge in [0.2, 0.25) is 0 Å². The third-order valence-electron chi connectivity index (χ3n) is 1.75. The highest BCUT2D eigenvalue weighted by Crippen LogP contribution is 2.35. The van der Waals surface area contributed by atoms with E-state index in [2.05, 4.69) is 4.52 Å². The number of phosphoric acid groups is 1. The Bertz CT molecular complexity index is 334. The minimum Gasteiger partial charge on any atom is -0.390 e. The van der Waals surface area contributed by atoms with Gasteiger partial charge in [-0.25, -0.2) is 4.57 Å². The minimum atomic E-state index is -4.48. The fourth-order valence-electron chi connectivity index (χ4n) is 1.13. The Morgan fingerprint density at radius 2 is 1.87 bits per heavy atom. The Balaban J connectivity index is 2.37. The van der Waals surface area contributed by atoms with E-state index in [9.17, 15) is 9.67 Å². The van der Waals surface area contributed by atoms with Crippen LogP contribution in [0, 0.1) is 0 Å². The van der Waals surface area contributed by atoms with Crippen molar-refractivity contribution in [1.82, 2.24) is 0 Å². The van der Waals surface area contributed by atoms with Gasteiger partial charge in [-0.3, -0.25) is 4.52 Å². The first kappa shape index (κ1) is 12.4. The van der Waals surface area contributed by atoms with E-state index in [1.807, 2.05) is 30.3 Å². The van der Waals surface area contributed by atoms with E-state index in [4.69, 9.17) is 9.79 Å². The topological polar surface area (TPSA) is 87.0 Å². The lowest BCUT2D eigenvalue weighted by Gasteiger charge is -2.11. The molecular formula is C9H13O5P. The quantitative estimate of drug-likeness (QED) is 0.650. The molecule has 15 heavy (non-hydrogen) atoms. The summed E-state index contributed by atoms with van der Waals surface area (Å²) >= 11 is 0. The average molecular weight is 232 g/mol. The van der Waals surface area contributed by atoms with Crippen LogP contribution in [0.4, 0.5) is 0 Å². The number of aliphatic hydroxyl groups is 1. The first-order valence-corrected chi connectivity index (χ1v) is 5.92. The number of hydrogen-bond donors (Lipinski definition) is 3. The van der Waals surface area contributed by atoms with Gasteiger partial charge in [0.15, 0.2) is 0 Å². The molecule has 0 saturated carbocycles. The summed E-state index contributed by atoms with van der Waals surface area (Å²) in [5, 5.41) is 9.40. The lowest BCUT2D eigenvalue weighted by Crippen LogP contribution is -2.17. The molecule has 84 valence electrons. The molecule has 0 bridgehead atoms. The van der Waals surface area contributed by atoms with E-state index in [-0.39, 0.29) is 6.61 Å². The zero-order valence-corrected chi connectivity index (χ0v) is 8.88. The van der Waals surface area contributed by atoms with Gasteiger partial charge in [0.1, 0.15) is 0 Å². The second kappa shape index (κ2) is 5.39. The van der Waals surface area contributed by atoms with Crippen molar-refractivity contribution in [3.8, 4) is 0 Å². The number of rotatable bonds is 5. The van der Waals surface area contributed by atoms with Gasteiger partial charge in [-0.1, -0.05) is 30.3 Å². The molecule has 0 aliphatic carbocycles. The highest BCUT2D eigenvalue weighted by molar-refractivity contribution is 7.46. The Hall–Kier alpha value is -0.710. The number of aliphatic hydroxyl groups excluding tert-OH is 1. The second-order valence-corrected chi connectivity index (χ2v) is 4.37. The molecule has 0 amide bonds. The molecule has 1 unspecified atom stereocenters. The molecular weight excluding hydrogens is 219 g/mol. The molecule has 0 aromatic heterocycles. The molecule has 1 aromatic carbocycles. The lowest BCUT2D eigenvalue weighted by atomic mass is 10.1. The molecule has 0 heterocycles. The zero-order valence-electron chi connectivity index (χ0n) is 7.98. The van der Waals surface area contributed by atoms with E-state index < -0.39 is 13.9 Å². The standard InChI is InChI=1S/C9H13O5P/c10-9(7-14-15(11,12)13)6-8-4-2-1-3-5-8/h1-5,9-10H,6-7H2,(H2,11,12,13). The van der Waals surface area contributed by atoms with Crippen molar-refractivity contribution in [3.05, 3.63) is 35.9 Å². The summed E-state index contributed by atoms with van der Waals surface area (Å²) in [6, 6.07) is 9.14. The van der Waals surface area contributed by atoms with Gasteiger partial charge in [-0.2, -0.15) is 0 Å². The fraction of sp³-hybridized carbons (Fsp3) is 0.333. The molecule has 0 saturated heterocycles. The van der Waals surface area contributed by atoms with Crippen LogP contribution in [0.5, 0.6) is 0 Å². The van der Waals surface area contributed by atoms with Crippen LogP contribution in [0.1, 0.15) is 5.56 Å². The Morgan fingerprint density at radius 1 is 1.27 bits per heavy atom. The number of hydrogen-bond acceptors (Lipinski definition) is 3. The van der Waals surface area contributed by atoms with Crippen LogP contribution >= 0.6 is 7.82 Å². The fourth-order valence-corrected chi connectivity index (χ4v) is 1.49. The number of benzene rings is 1. The van der Waals surface area contributed by atoms with Crippen LogP contribution in [-0.4, -0.2) is 27.6 Å². The molecule has 6 heteroatoms. The van der Waals surface area contributed by atoms with Crippen molar-refractivity contribution < 1.29 is 24.0 Å². The smallest absolute Gasteiger partial charge is 0.390 e. The lowest BCUT2D eigenvalue weighted by molar-refractivity contribution is 0.0852. The van der Waals surface area contributed by atoms with Crippen LogP contribution in [0.15, 0.2) is 30.3 Å². The van der Waals surface area contributed by atoms with Gasteiger partial charge in [0.05, 0.1) is 12.7 Å². The largest absolute Gasteiger partial charge is 0.469 e. The Morgan fingerprint density at radius 3 is 2.40 bits per heavy atom. The van der Waals surface area contributed by atoms with Gasteiger partial charge in [-0.15, -0.1) is 0 Å². The maximum Gasteiger partial charge on any atom is 0.469 e. The minimum absolute atomic E-state index is 0.306. The van der Waals surface area contributed by atoms with Crippen LogP contribution in [0.3, 0.4) is 0 Å². The predicted molar refractivity (Wildman–Crippen MR) is 54.1 cm³/mol. The van der Waals surface area contributed by atoms with Gasteiger partial charge >= 0.3 is 7.82 Å². The molecule has 0 spiro atoms. The molecule has 0 radical (unpaired) electrons. The summed E-state index contributed by atoms with van der Waals surface area (Å²) in [4.78, 5) is 16.8. The molecule has 1 aromatic rings. The van der Waals surface area contributed by atoms with E-state index in [0.29, 0.717) is 6.42 Å². The third-order valence-corrected chi connectivity index (χ3v) is 2.23. The van der Waals surface area contributed by atoms with Gasteiger partial charge < -0.3 is 14.9 Å². The SMILES string of the molecule is O=P(O)(O)OCC(O)Cc1ccccc1. The summed E-state index contributed by atoms with van der Waals surface area (Å²) in [5.41, 5.74) is 0.888. The normalized spacial score (nSPS) is 13.8. The summed E-state index contributed by atoms with van der Waals surface area (Å²) in [6.07, 6.45) is -0.610. The maximum absolute atomic E-state index is 10.3. The van der Waals surface area contributed by atoms with Crippen molar-refractivity contribution in [3.63, 3.8) is 0 Å². The highest BCUT2D eigenvalue weighted by atomic mass is 31.2. The molecule has 0 aliphatic rings. The van der Waals surface area contributed by atoms with E-state index in [1.165, 1.54) is 0 Å². The first-order chi connectivity index (χ1) is 6.97. The van der Waals surface area contributed by atoms with E-state index in [1.54, 1.807) is 0 Å². The second-order valence-electron chi connectivity index (χ2n) is 3.13. The van der Waals surface area contributed by atoms with E-state index in [0.717, 1.165) is 5.56 Å². The Labute approximate surface area is 87.6 Å². The van der Waals surface area contributed by atoms with Crippen molar-refractivity contribution >= 4 is 7.82 Å². The molecule has 1 rings (SSSR count).